The second-order valence-corrected chi connectivity index (χ2v) is 8.67. The molecule has 0 aliphatic heterocycles. The quantitative estimate of drug-likeness (QED) is 0.690. The highest BCUT2D eigenvalue weighted by atomic mass is 79.9. The first kappa shape index (κ1) is 18.0. The largest absolute Gasteiger partial charge is 0.308 e. The van der Waals surface area contributed by atoms with E-state index in [0.29, 0.717) is 33.2 Å². The van der Waals surface area contributed by atoms with Gasteiger partial charge in [-0.25, -0.2) is 4.39 Å². The summed E-state index contributed by atoms with van der Waals surface area (Å²) in [4.78, 5) is 12.4. The third-order valence-electron chi connectivity index (χ3n) is 5.69. The molecule has 4 rings (SSSR count). The van der Waals surface area contributed by atoms with Crippen LogP contribution in [0, 0.1) is 23.6 Å². The molecule has 0 spiro atoms. The van der Waals surface area contributed by atoms with Gasteiger partial charge in [0.2, 0.25) is 5.91 Å². The molecule has 2 aliphatic carbocycles. The van der Waals surface area contributed by atoms with E-state index in [2.05, 4.69) is 26.3 Å². The molecule has 1 heterocycles. The second kappa shape index (κ2) is 7.31. The van der Waals surface area contributed by atoms with Crippen molar-refractivity contribution < 1.29 is 9.18 Å². The molecule has 2 saturated carbocycles. The van der Waals surface area contributed by atoms with Gasteiger partial charge < -0.3 is 5.32 Å². The lowest BCUT2D eigenvalue weighted by atomic mass is 9.86. The zero-order valence-electron chi connectivity index (χ0n) is 14.2. The summed E-state index contributed by atoms with van der Waals surface area (Å²) in [6.07, 6.45) is 7.34. The molecule has 7 heteroatoms. The zero-order chi connectivity index (χ0) is 18.3. The van der Waals surface area contributed by atoms with E-state index in [1.807, 2.05) is 0 Å². The van der Waals surface area contributed by atoms with Crippen LogP contribution in [0.1, 0.15) is 37.7 Å². The van der Waals surface area contributed by atoms with Gasteiger partial charge in [0.25, 0.3) is 0 Å². The van der Waals surface area contributed by atoms with Crippen LogP contribution < -0.4 is 5.32 Å². The highest BCUT2D eigenvalue weighted by molar-refractivity contribution is 9.10. The third-order valence-corrected chi connectivity index (χ3v) is 6.62. The Labute approximate surface area is 165 Å². The Morgan fingerprint density at radius 3 is 2.92 bits per heavy atom. The van der Waals surface area contributed by atoms with Gasteiger partial charge in [-0.2, -0.15) is 5.10 Å². The highest BCUT2D eigenvalue weighted by Gasteiger charge is 2.40. The van der Waals surface area contributed by atoms with Crippen molar-refractivity contribution in [3.05, 3.63) is 45.3 Å². The lowest BCUT2D eigenvalue weighted by molar-refractivity contribution is -0.117. The Balaban J connectivity index is 1.41. The van der Waals surface area contributed by atoms with E-state index < -0.39 is 0 Å². The van der Waals surface area contributed by atoms with Crippen molar-refractivity contribution in [2.45, 2.75) is 38.6 Å². The number of rotatable bonds is 5. The summed E-state index contributed by atoms with van der Waals surface area (Å²) in [5.74, 6) is 2.14. The smallest absolute Gasteiger partial charge is 0.225 e. The van der Waals surface area contributed by atoms with E-state index in [-0.39, 0.29) is 18.3 Å². The maximum absolute atomic E-state index is 13.9. The lowest BCUT2D eigenvalue weighted by Crippen LogP contribution is -2.20. The summed E-state index contributed by atoms with van der Waals surface area (Å²) in [5.41, 5.74) is 0.379. The Hall–Kier alpha value is -1.40. The minimum absolute atomic E-state index is 0.00239. The number of hydrogen-bond acceptors (Lipinski definition) is 2. The molecule has 138 valence electrons. The average molecular weight is 441 g/mol. The maximum Gasteiger partial charge on any atom is 0.225 e. The SMILES string of the molecule is O=C(C[C@H]1C[C@@H]2CC[C@@H]1C2)Nc1nn(Cc2c(F)cccc2Cl)cc1Br. The normalized spacial score (nSPS) is 24.2. The van der Waals surface area contributed by atoms with Crippen LogP contribution in [0.2, 0.25) is 5.02 Å². The Morgan fingerprint density at radius 2 is 2.23 bits per heavy atom. The molecule has 0 unspecified atom stereocenters. The van der Waals surface area contributed by atoms with Crippen LogP contribution in [-0.4, -0.2) is 15.7 Å². The molecule has 1 aromatic heterocycles. The molecule has 2 aromatic rings. The van der Waals surface area contributed by atoms with Crippen molar-refractivity contribution in [1.29, 1.82) is 0 Å². The number of halogens is 3. The van der Waals surface area contributed by atoms with E-state index in [0.717, 1.165) is 11.8 Å². The van der Waals surface area contributed by atoms with Crippen LogP contribution in [0.4, 0.5) is 10.2 Å². The number of carbonyl (C=O) groups excluding carboxylic acids is 1. The number of carbonyl (C=O) groups is 1. The third kappa shape index (κ3) is 3.67. The molecule has 1 aromatic carbocycles. The Kier molecular flexibility index (Phi) is 5.06. The molecule has 26 heavy (non-hydrogen) atoms. The summed E-state index contributed by atoms with van der Waals surface area (Å²) in [6.45, 7) is 0.201. The van der Waals surface area contributed by atoms with Crippen LogP contribution in [0.15, 0.2) is 28.9 Å². The van der Waals surface area contributed by atoms with Crippen molar-refractivity contribution in [2.24, 2.45) is 17.8 Å². The van der Waals surface area contributed by atoms with Gasteiger partial charge in [0.05, 0.1) is 11.0 Å². The van der Waals surface area contributed by atoms with Crippen molar-refractivity contribution >= 4 is 39.3 Å². The maximum atomic E-state index is 13.9. The average Bonchev–Trinajstić information content (AvgIpc) is 3.28. The van der Waals surface area contributed by atoms with Gasteiger partial charge in [-0.3, -0.25) is 9.48 Å². The van der Waals surface area contributed by atoms with Crippen molar-refractivity contribution in [3.8, 4) is 0 Å². The number of anilines is 1. The first-order valence-electron chi connectivity index (χ1n) is 8.95. The summed E-state index contributed by atoms with van der Waals surface area (Å²) >= 11 is 9.49. The van der Waals surface area contributed by atoms with Crippen LogP contribution in [0.5, 0.6) is 0 Å². The van der Waals surface area contributed by atoms with Gasteiger partial charge in [0.15, 0.2) is 5.82 Å². The molecule has 2 fully saturated rings. The first-order chi connectivity index (χ1) is 12.5. The van der Waals surface area contributed by atoms with Gasteiger partial charge in [-0.15, -0.1) is 0 Å². The highest BCUT2D eigenvalue weighted by Crippen LogP contribution is 2.49. The first-order valence-corrected chi connectivity index (χ1v) is 10.1. The number of benzene rings is 1. The number of amides is 1. The van der Waals surface area contributed by atoms with Gasteiger partial charge >= 0.3 is 0 Å². The number of aromatic nitrogens is 2. The van der Waals surface area contributed by atoms with Gasteiger partial charge in [-0.1, -0.05) is 24.1 Å². The molecule has 3 atom stereocenters. The van der Waals surface area contributed by atoms with Crippen LogP contribution in [0.25, 0.3) is 0 Å². The number of fused-ring (bicyclic) bond motifs is 2. The number of hydrogen-bond donors (Lipinski definition) is 1. The molecule has 1 amide bonds. The summed E-state index contributed by atoms with van der Waals surface area (Å²) in [7, 11) is 0. The predicted octanol–water partition coefficient (Wildman–Crippen LogP) is 5.25. The van der Waals surface area contributed by atoms with Gasteiger partial charge in [0.1, 0.15) is 5.82 Å². The second-order valence-electron chi connectivity index (χ2n) is 7.41. The monoisotopic (exact) mass is 439 g/mol. The van der Waals surface area contributed by atoms with E-state index in [1.165, 1.54) is 31.7 Å². The molecule has 0 radical (unpaired) electrons. The predicted molar refractivity (Wildman–Crippen MR) is 103 cm³/mol. The van der Waals surface area contributed by atoms with Crippen molar-refractivity contribution in [1.82, 2.24) is 9.78 Å². The number of nitrogens with zero attached hydrogens (tertiary/aromatic N) is 2. The van der Waals surface area contributed by atoms with E-state index in [1.54, 1.807) is 23.0 Å². The van der Waals surface area contributed by atoms with Gasteiger partial charge in [-0.05, 0) is 65.1 Å². The minimum Gasteiger partial charge on any atom is -0.308 e. The topological polar surface area (TPSA) is 46.9 Å². The minimum atomic E-state index is -0.369. The molecular weight excluding hydrogens is 421 g/mol. The molecule has 1 N–H and O–H groups in total. The molecule has 0 saturated heterocycles. The van der Waals surface area contributed by atoms with Crippen molar-refractivity contribution in [2.75, 3.05) is 5.32 Å². The van der Waals surface area contributed by atoms with Crippen LogP contribution in [-0.2, 0) is 11.3 Å². The standard InChI is InChI=1S/C19H20BrClFN3O/c20-15-10-25(9-14-16(21)2-1-3-17(14)22)24-19(15)23-18(26)8-13-7-11-4-5-12(13)6-11/h1-3,10-13H,4-9H2,(H,23,24,26)/t11-,12-,13-/m1/s1. The molecule has 2 bridgehead atoms. The van der Waals surface area contributed by atoms with Crippen LogP contribution in [0.3, 0.4) is 0 Å². The fraction of sp³-hybridized carbons (Fsp3) is 0.474. The molecule has 4 nitrogen and oxygen atoms in total. The summed E-state index contributed by atoms with van der Waals surface area (Å²) in [6, 6.07) is 4.59. The van der Waals surface area contributed by atoms with Crippen molar-refractivity contribution in [3.63, 3.8) is 0 Å². The van der Waals surface area contributed by atoms with Gasteiger partial charge in [0, 0.05) is 23.2 Å². The van der Waals surface area contributed by atoms with E-state index in [4.69, 9.17) is 11.6 Å². The summed E-state index contributed by atoms with van der Waals surface area (Å²) in [5, 5.41) is 7.61. The summed E-state index contributed by atoms with van der Waals surface area (Å²) < 4.78 is 16.2. The fourth-order valence-corrected chi connectivity index (χ4v) is 5.09. The Bertz CT molecular complexity index is 820. The van der Waals surface area contributed by atoms with E-state index in [9.17, 15) is 9.18 Å². The molecule has 2 aliphatic rings. The molecular formula is C19H20BrClFN3O. The lowest BCUT2D eigenvalue weighted by Gasteiger charge is -2.20. The Morgan fingerprint density at radius 1 is 1.38 bits per heavy atom. The number of nitrogens with one attached hydrogen (secondary N) is 1. The van der Waals surface area contributed by atoms with Crippen LogP contribution >= 0.6 is 27.5 Å². The zero-order valence-corrected chi connectivity index (χ0v) is 16.6. The fourth-order valence-electron chi connectivity index (χ4n) is 4.46. The van der Waals surface area contributed by atoms with E-state index >= 15 is 0 Å².